The zero-order valence-corrected chi connectivity index (χ0v) is 18.5. The highest BCUT2D eigenvalue weighted by molar-refractivity contribution is 6.31. The summed E-state index contributed by atoms with van der Waals surface area (Å²) in [6.07, 6.45) is 5.95. The summed E-state index contributed by atoms with van der Waals surface area (Å²) >= 11 is 6.14. The monoisotopic (exact) mass is 433 g/mol. The molecule has 0 aliphatic carbocycles. The second-order valence-corrected chi connectivity index (χ2v) is 9.35. The predicted molar refractivity (Wildman–Crippen MR) is 117 cm³/mol. The number of carbonyl (C=O) groups is 2. The van der Waals surface area contributed by atoms with Crippen LogP contribution in [0.3, 0.4) is 0 Å². The summed E-state index contributed by atoms with van der Waals surface area (Å²) in [7, 11) is 1.58. The van der Waals surface area contributed by atoms with E-state index in [2.05, 4.69) is 5.32 Å². The van der Waals surface area contributed by atoms with Crippen LogP contribution < -0.4 is 10.1 Å². The minimum absolute atomic E-state index is 0.00564. The van der Waals surface area contributed by atoms with Crippen LogP contribution in [0.15, 0.2) is 18.2 Å². The Morgan fingerprint density at radius 3 is 2.77 bits per heavy atom. The fourth-order valence-corrected chi connectivity index (χ4v) is 5.46. The predicted octanol–water partition coefficient (Wildman–Crippen LogP) is 3.19. The molecule has 3 heterocycles. The highest BCUT2D eigenvalue weighted by Gasteiger charge is 2.38. The first-order valence-corrected chi connectivity index (χ1v) is 11.6. The molecule has 0 unspecified atom stereocenters. The summed E-state index contributed by atoms with van der Waals surface area (Å²) in [6.45, 7) is 4.28. The molecule has 0 radical (unpaired) electrons. The topological polar surface area (TPSA) is 61.9 Å². The lowest BCUT2D eigenvalue weighted by molar-refractivity contribution is -0.130. The number of methoxy groups -OCH3 is 1. The molecule has 2 bridgehead atoms. The van der Waals surface area contributed by atoms with E-state index in [1.54, 1.807) is 25.3 Å². The third-order valence-corrected chi connectivity index (χ3v) is 7.09. The molecule has 3 saturated heterocycles. The van der Waals surface area contributed by atoms with Crippen molar-refractivity contribution in [3.8, 4) is 5.75 Å². The molecular weight excluding hydrogens is 402 g/mol. The Morgan fingerprint density at radius 1 is 1.20 bits per heavy atom. The Labute approximate surface area is 183 Å². The van der Waals surface area contributed by atoms with Crippen molar-refractivity contribution in [1.29, 1.82) is 0 Å². The molecule has 4 rings (SSSR count). The molecule has 164 valence electrons. The van der Waals surface area contributed by atoms with Crippen LogP contribution in [0.5, 0.6) is 5.75 Å². The van der Waals surface area contributed by atoms with E-state index in [0.29, 0.717) is 46.5 Å². The second kappa shape index (κ2) is 9.56. The van der Waals surface area contributed by atoms with Crippen molar-refractivity contribution in [2.75, 3.05) is 39.8 Å². The van der Waals surface area contributed by atoms with Crippen molar-refractivity contribution >= 4 is 23.4 Å². The molecule has 2 amide bonds. The van der Waals surface area contributed by atoms with Crippen LogP contribution in [-0.4, -0.2) is 67.5 Å². The van der Waals surface area contributed by atoms with Crippen LogP contribution >= 0.6 is 11.6 Å². The first kappa shape index (κ1) is 21.4. The maximum atomic E-state index is 13.2. The SMILES string of the molecule is COc1ccc(Cl)cc1C(=O)N1C[C@@H]2CN[C@H](CCCC(=O)N3CCCC3)[C@H](C2)C1. The summed E-state index contributed by atoms with van der Waals surface area (Å²) in [5.74, 6) is 1.76. The number of amides is 2. The Morgan fingerprint density at radius 2 is 2.00 bits per heavy atom. The van der Waals surface area contributed by atoms with E-state index < -0.39 is 0 Å². The van der Waals surface area contributed by atoms with E-state index in [-0.39, 0.29) is 5.91 Å². The molecule has 1 aromatic rings. The van der Waals surface area contributed by atoms with Crippen LogP contribution in [0, 0.1) is 11.8 Å². The van der Waals surface area contributed by atoms with E-state index in [4.69, 9.17) is 16.3 Å². The van der Waals surface area contributed by atoms with Crippen molar-refractivity contribution < 1.29 is 14.3 Å². The number of hydrogen-bond donors (Lipinski definition) is 1. The molecule has 3 aliphatic rings. The number of carbonyl (C=O) groups excluding carboxylic acids is 2. The summed E-state index contributed by atoms with van der Waals surface area (Å²) in [5.41, 5.74) is 0.533. The lowest BCUT2D eigenvalue weighted by Crippen LogP contribution is -2.57. The van der Waals surface area contributed by atoms with Gasteiger partial charge in [-0.25, -0.2) is 0 Å². The average Bonchev–Trinajstić information content (AvgIpc) is 3.29. The number of fused-ring (bicyclic) bond motifs is 2. The molecule has 3 aliphatic heterocycles. The molecular formula is C23H32ClN3O3. The van der Waals surface area contributed by atoms with Crippen molar-refractivity contribution in [1.82, 2.24) is 15.1 Å². The van der Waals surface area contributed by atoms with Crippen LogP contribution in [0.2, 0.25) is 5.02 Å². The normalized spacial score (nSPS) is 26.0. The molecule has 3 fully saturated rings. The van der Waals surface area contributed by atoms with Gasteiger partial charge in [-0.3, -0.25) is 9.59 Å². The summed E-state index contributed by atoms with van der Waals surface area (Å²) in [5, 5.41) is 4.23. The van der Waals surface area contributed by atoms with Gasteiger partial charge in [0.2, 0.25) is 5.91 Å². The Hall–Kier alpha value is -1.79. The number of hydrogen-bond acceptors (Lipinski definition) is 4. The zero-order valence-electron chi connectivity index (χ0n) is 17.7. The van der Waals surface area contributed by atoms with Gasteiger partial charge >= 0.3 is 0 Å². The van der Waals surface area contributed by atoms with Gasteiger partial charge in [0.25, 0.3) is 5.91 Å². The van der Waals surface area contributed by atoms with Crippen molar-refractivity contribution in [3.05, 3.63) is 28.8 Å². The number of halogens is 1. The third-order valence-electron chi connectivity index (χ3n) is 6.85. The maximum Gasteiger partial charge on any atom is 0.257 e. The van der Waals surface area contributed by atoms with Crippen molar-refractivity contribution in [2.45, 2.75) is 44.6 Å². The fraction of sp³-hybridized carbons (Fsp3) is 0.652. The van der Waals surface area contributed by atoms with Gasteiger partial charge in [0.1, 0.15) is 5.75 Å². The molecule has 0 spiro atoms. The number of piperidine rings is 2. The smallest absolute Gasteiger partial charge is 0.257 e. The minimum atomic E-state index is -0.00564. The highest BCUT2D eigenvalue weighted by atomic mass is 35.5. The van der Waals surface area contributed by atoms with Crippen LogP contribution in [-0.2, 0) is 4.79 Å². The minimum Gasteiger partial charge on any atom is -0.496 e. The van der Waals surface area contributed by atoms with Gasteiger partial charge in [-0.1, -0.05) is 11.6 Å². The average molecular weight is 434 g/mol. The molecule has 6 nitrogen and oxygen atoms in total. The highest BCUT2D eigenvalue weighted by Crippen LogP contribution is 2.33. The number of benzene rings is 1. The van der Waals surface area contributed by atoms with Gasteiger partial charge in [-0.05, 0) is 68.7 Å². The van der Waals surface area contributed by atoms with Gasteiger partial charge in [-0.2, -0.15) is 0 Å². The van der Waals surface area contributed by atoms with Gasteiger partial charge < -0.3 is 19.9 Å². The lowest BCUT2D eigenvalue weighted by atomic mass is 9.78. The van der Waals surface area contributed by atoms with Gasteiger partial charge in [0, 0.05) is 43.7 Å². The van der Waals surface area contributed by atoms with E-state index in [0.717, 1.165) is 64.8 Å². The third kappa shape index (κ3) is 4.75. The summed E-state index contributed by atoms with van der Waals surface area (Å²) in [4.78, 5) is 29.5. The first-order valence-electron chi connectivity index (χ1n) is 11.2. The summed E-state index contributed by atoms with van der Waals surface area (Å²) in [6, 6.07) is 5.56. The van der Waals surface area contributed by atoms with Gasteiger partial charge in [-0.15, -0.1) is 0 Å². The van der Waals surface area contributed by atoms with E-state index in [1.165, 1.54) is 0 Å². The second-order valence-electron chi connectivity index (χ2n) is 8.91. The van der Waals surface area contributed by atoms with E-state index in [1.807, 2.05) is 9.80 Å². The molecule has 0 saturated carbocycles. The van der Waals surface area contributed by atoms with E-state index >= 15 is 0 Å². The zero-order chi connectivity index (χ0) is 21.1. The van der Waals surface area contributed by atoms with Crippen LogP contribution in [0.25, 0.3) is 0 Å². The molecule has 7 heteroatoms. The molecule has 30 heavy (non-hydrogen) atoms. The quantitative estimate of drug-likeness (QED) is 0.748. The molecule has 1 aromatic carbocycles. The van der Waals surface area contributed by atoms with Gasteiger partial charge in [0.05, 0.1) is 12.7 Å². The van der Waals surface area contributed by atoms with E-state index in [9.17, 15) is 9.59 Å². The lowest BCUT2D eigenvalue weighted by Gasteiger charge is -2.46. The maximum absolute atomic E-state index is 13.2. The van der Waals surface area contributed by atoms with Crippen LogP contribution in [0.1, 0.15) is 48.9 Å². The fourth-order valence-electron chi connectivity index (χ4n) is 5.29. The summed E-state index contributed by atoms with van der Waals surface area (Å²) < 4.78 is 5.39. The standard InChI is InChI=1S/C23H32ClN3O3/c1-30-21-8-7-18(24)12-19(21)23(29)27-14-16-11-17(15-27)20(25-13-16)5-4-6-22(28)26-9-2-3-10-26/h7-8,12,16-17,20,25H,2-6,9-11,13-15H2,1H3/t16-,17+,20+/m0/s1. The van der Waals surface area contributed by atoms with Crippen molar-refractivity contribution in [3.63, 3.8) is 0 Å². The Bertz CT molecular complexity index is 781. The molecule has 0 aromatic heterocycles. The number of nitrogens with zero attached hydrogens (tertiary/aromatic N) is 2. The number of likely N-dealkylation sites (tertiary alicyclic amines) is 2. The molecule has 1 N–H and O–H groups in total. The van der Waals surface area contributed by atoms with Crippen molar-refractivity contribution in [2.24, 2.45) is 11.8 Å². The number of nitrogens with one attached hydrogen (secondary N) is 1. The van der Waals surface area contributed by atoms with Crippen LogP contribution in [0.4, 0.5) is 0 Å². The first-order chi connectivity index (χ1) is 14.5. The van der Waals surface area contributed by atoms with Gasteiger partial charge in [0.15, 0.2) is 0 Å². The molecule has 3 atom stereocenters. The Balaban J connectivity index is 1.35. The Kier molecular flexibility index (Phi) is 6.84. The largest absolute Gasteiger partial charge is 0.496 e. The number of ether oxygens (including phenoxy) is 1. The number of rotatable bonds is 6.